The normalized spacial score (nSPS) is 11.6. The van der Waals surface area contributed by atoms with Gasteiger partial charge in [0.1, 0.15) is 11.3 Å². The van der Waals surface area contributed by atoms with Crippen molar-refractivity contribution < 1.29 is 22.4 Å². The molecule has 0 aliphatic rings. The van der Waals surface area contributed by atoms with Crippen LogP contribution in [0.3, 0.4) is 0 Å². The largest absolute Gasteiger partial charge is 0.453 e. The van der Waals surface area contributed by atoms with Crippen molar-refractivity contribution in [3.05, 3.63) is 60.1 Å². The van der Waals surface area contributed by atoms with Crippen LogP contribution in [0, 0.1) is 6.92 Å². The molecule has 0 saturated heterocycles. The lowest BCUT2D eigenvalue weighted by molar-refractivity contribution is 0.102. The van der Waals surface area contributed by atoms with Crippen LogP contribution in [0.4, 0.5) is 5.82 Å². The number of carbonyl (C=O) groups excluding carboxylic acids is 1. The van der Waals surface area contributed by atoms with E-state index >= 15 is 0 Å². The van der Waals surface area contributed by atoms with E-state index in [-0.39, 0.29) is 16.6 Å². The van der Waals surface area contributed by atoms with E-state index < -0.39 is 9.84 Å². The molecule has 0 aliphatic carbocycles. The van der Waals surface area contributed by atoms with Crippen molar-refractivity contribution in [1.29, 1.82) is 0 Å². The Bertz CT molecular complexity index is 1350. The molecule has 4 rings (SSSR count). The summed E-state index contributed by atoms with van der Waals surface area (Å²) in [4.78, 5) is 17.2. The van der Waals surface area contributed by atoms with Crippen molar-refractivity contribution in [3.8, 4) is 11.5 Å². The van der Waals surface area contributed by atoms with Crippen LogP contribution in [0.25, 0.3) is 11.1 Å². The molecule has 2 heterocycles. The Labute approximate surface area is 172 Å². The summed E-state index contributed by atoms with van der Waals surface area (Å²) >= 11 is 0. The number of nitrogens with one attached hydrogen (secondary N) is 1. The van der Waals surface area contributed by atoms with Crippen LogP contribution < -0.4 is 10.1 Å². The number of rotatable bonds is 5. The minimum absolute atomic E-state index is 0.180. The maximum atomic E-state index is 12.7. The maximum Gasteiger partial charge on any atom is 0.257 e. The van der Waals surface area contributed by atoms with Crippen molar-refractivity contribution in [2.45, 2.75) is 11.8 Å². The topological polar surface area (TPSA) is 116 Å². The third kappa shape index (κ3) is 4.03. The van der Waals surface area contributed by atoms with E-state index in [9.17, 15) is 13.2 Å². The molecule has 4 aromatic rings. The molecule has 0 spiro atoms. The second-order valence-corrected chi connectivity index (χ2v) is 8.75. The van der Waals surface area contributed by atoms with Gasteiger partial charge in [-0.3, -0.25) is 9.48 Å². The first-order valence-electron chi connectivity index (χ1n) is 8.89. The monoisotopic (exact) mass is 426 g/mol. The zero-order valence-electron chi connectivity index (χ0n) is 16.4. The number of sulfone groups is 1. The van der Waals surface area contributed by atoms with Gasteiger partial charge in [-0.1, -0.05) is 0 Å². The van der Waals surface area contributed by atoms with Gasteiger partial charge in [-0.25, -0.2) is 13.4 Å². The summed E-state index contributed by atoms with van der Waals surface area (Å²) in [5.74, 6) is 1.13. The van der Waals surface area contributed by atoms with E-state index in [4.69, 9.17) is 9.15 Å². The average molecular weight is 426 g/mol. The van der Waals surface area contributed by atoms with Crippen molar-refractivity contribution >= 4 is 32.7 Å². The van der Waals surface area contributed by atoms with E-state index in [1.54, 1.807) is 37.0 Å². The number of aromatic nitrogens is 3. The fraction of sp³-hybridized carbons (Fsp3) is 0.150. The van der Waals surface area contributed by atoms with Crippen LogP contribution in [0.2, 0.25) is 0 Å². The number of carbonyl (C=O) groups is 1. The summed E-state index contributed by atoms with van der Waals surface area (Å²) in [7, 11) is -1.56. The quantitative estimate of drug-likeness (QED) is 0.520. The predicted molar refractivity (Wildman–Crippen MR) is 110 cm³/mol. The Morgan fingerprint density at radius 2 is 1.90 bits per heavy atom. The van der Waals surface area contributed by atoms with Gasteiger partial charge in [-0.2, -0.15) is 5.10 Å². The highest BCUT2D eigenvalue weighted by molar-refractivity contribution is 7.90. The van der Waals surface area contributed by atoms with E-state index in [1.165, 1.54) is 30.3 Å². The van der Waals surface area contributed by atoms with Gasteiger partial charge in [-0.05, 0) is 36.4 Å². The number of aryl methyl sites for hydroxylation is 2. The number of nitrogens with zero attached hydrogens (tertiary/aromatic N) is 3. The van der Waals surface area contributed by atoms with Gasteiger partial charge in [0.25, 0.3) is 5.91 Å². The fourth-order valence-corrected chi connectivity index (χ4v) is 3.50. The molecular weight excluding hydrogens is 408 g/mol. The van der Waals surface area contributed by atoms with Crippen molar-refractivity contribution in [2.24, 2.45) is 7.05 Å². The highest BCUT2D eigenvalue weighted by Crippen LogP contribution is 2.33. The lowest BCUT2D eigenvalue weighted by Gasteiger charge is -2.09. The molecule has 0 unspecified atom stereocenters. The Balaban J connectivity index is 1.68. The van der Waals surface area contributed by atoms with Crippen molar-refractivity contribution in [3.63, 3.8) is 0 Å². The Morgan fingerprint density at radius 3 is 2.53 bits per heavy atom. The average Bonchev–Trinajstić information content (AvgIpc) is 3.25. The van der Waals surface area contributed by atoms with Crippen LogP contribution in [-0.4, -0.2) is 35.3 Å². The summed E-state index contributed by atoms with van der Waals surface area (Å²) in [6.07, 6.45) is 2.85. The molecule has 154 valence electrons. The SMILES string of the molecule is Cc1nc2cc(C(=O)Nc3ccn(C)n3)cc(Oc3ccc(S(C)(=O)=O)cc3)c2o1. The first-order valence-corrected chi connectivity index (χ1v) is 10.8. The van der Waals surface area contributed by atoms with Crippen LogP contribution >= 0.6 is 0 Å². The highest BCUT2D eigenvalue weighted by Gasteiger charge is 2.17. The molecule has 0 radical (unpaired) electrons. The van der Waals surface area contributed by atoms with E-state index in [1.807, 2.05) is 0 Å². The number of ether oxygens (including phenoxy) is 1. The summed E-state index contributed by atoms with van der Waals surface area (Å²) in [5, 5.41) is 6.85. The molecule has 0 aliphatic heterocycles. The van der Waals surface area contributed by atoms with Crippen LogP contribution in [-0.2, 0) is 16.9 Å². The number of anilines is 1. The molecule has 10 heteroatoms. The third-order valence-electron chi connectivity index (χ3n) is 4.26. The number of hydrogen-bond acceptors (Lipinski definition) is 7. The number of oxazole rings is 1. The lowest BCUT2D eigenvalue weighted by Crippen LogP contribution is -2.12. The maximum absolute atomic E-state index is 12.7. The number of hydrogen-bond donors (Lipinski definition) is 1. The van der Waals surface area contributed by atoms with Crippen LogP contribution in [0.15, 0.2) is 58.0 Å². The number of amides is 1. The second-order valence-electron chi connectivity index (χ2n) is 6.73. The smallest absolute Gasteiger partial charge is 0.257 e. The first-order chi connectivity index (χ1) is 14.2. The molecule has 2 aromatic heterocycles. The molecule has 1 N–H and O–H groups in total. The van der Waals surface area contributed by atoms with Gasteiger partial charge < -0.3 is 14.5 Å². The summed E-state index contributed by atoms with van der Waals surface area (Å²) < 4.78 is 36.4. The standard InChI is InChI=1S/C20H18N4O5S/c1-12-21-16-10-13(20(25)22-18-8-9-24(2)23-18)11-17(19(16)28-12)29-14-4-6-15(7-5-14)30(3,26)27/h4-11H,1-3H3,(H,22,23,25). The van der Waals surface area contributed by atoms with Crippen LogP contribution in [0.1, 0.15) is 16.2 Å². The minimum atomic E-state index is -3.31. The van der Waals surface area contributed by atoms with Crippen LogP contribution in [0.5, 0.6) is 11.5 Å². The fourth-order valence-electron chi connectivity index (χ4n) is 2.87. The third-order valence-corrected chi connectivity index (χ3v) is 5.39. The zero-order valence-corrected chi connectivity index (χ0v) is 17.2. The van der Waals surface area contributed by atoms with E-state index in [2.05, 4.69) is 15.4 Å². The predicted octanol–water partition coefficient (Wildman–Crippen LogP) is 3.32. The summed E-state index contributed by atoms with van der Waals surface area (Å²) in [6, 6.07) is 10.8. The molecule has 9 nitrogen and oxygen atoms in total. The second kappa shape index (κ2) is 7.30. The Hall–Kier alpha value is -3.66. The van der Waals surface area contributed by atoms with Gasteiger partial charge in [0.2, 0.25) is 0 Å². The Morgan fingerprint density at radius 1 is 1.17 bits per heavy atom. The summed E-state index contributed by atoms with van der Waals surface area (Å²) in [6.45, 7) is 1.69. The molecule has 0 atom stereocenters. The minimum Gasteiger partial charge on any atom is -0.453 e. The summed E-state index contributed by atoms with van der Waals surface area (Å²) in [5.41, 5.74) is 1.15. The lowest BCUT2D eigenvalue weighted by atomic mass is 10.1. The molecule has 0 fully saturated rings. The van der Waals surface area contributed by atoms with Gasteiger partial charge in [0, 0.05) is 38.1 Å². The zero-order chi connectivity index (χ0) is 21.5. The molecular formula is C20H18N4O5S. The van der Waals surface area contributed by atoms with E-state index in [0.717, 1.165) is 6.26 Å². The van der Waals surface area contributed by atoms with Gasteiger partial charge in [-0.15, -0.1) is 0 Å². The highest BCUT2D eigenvalue weighted by atomic mass is 32.2. The molecule has 0 saturated carbocycles. The molecule has 2 aromatic carbocycles. The number of fused-ring (bicyclic) bond motifs is 1. The van der Waals surface area contributed by atoms with Crippen molar-refractivity contribution in [1.82, 2.24) is 14.8 Å². The van der Waals surface area contributed by atoms with E-state index in [0.29, 0.717) is 34.1 Å². The Kier molecular flexibility index (Phi) is 4.78. The van der Waals surface area contributed by atoms with Gasteiger partial charge in [0.05, 0.1) is 4.90 Å². The molecule has 30 heavy (non-hydrogen) atoms. The van der Waals surface area contributed by atoms with Gasteiger partial charge >= 0.3 is 0 Å². The van der Waals surface area contributed by atoms with Crippen molar-refractivity contribution in [2.75, 3.05) is 11.6 Å². The first kappa shape index (κ1) is 19.6. The van der Waals surface area contributed by atoms with Gasteiger partial charge in [0.15, 0.2) is 32.9 Å². The number of benzene rings is 2. The molecule has 0 bridgehead atoms. The molecule has 1 amide bonds.